The van der Waals surface area contributed by atoms with Gasteiger partial charge in [0.15, 0.2) is 5.82 Å². The zero-order chi connectivity index (χ0) is 15.1. The maximum Gasteiger partial charge on any atom is 0.253 e. The molecule has 2 aliphatic rings. The molecule has 2 heterocycles. The van der Waals surface area contributed by atoms with Crippen molar-refractivity contribution in [1.29, 1.82) is 5.26 Å². The van der Waals surface area contributed by atoms with Gasteiger partial charge >= 0.3 is 0 Å². The Hall–Kier alpha value is -2.68. The fraction of sp³-hybridized carbons (Fsp3) is 0.375. The molecule has 0 spiro atoms. The molecular formula is C16H14N4O2. The van der Waals surface area contributed by atoms with Crippen LogP contribution in [0.4, 0.5) is 0 Å². The highest BCUT2D eigenvalue weighted by Crippen LogP contribution is 2.39. The SMILES string of the molecule is N#Cc1cccc(C(=O)N2CC(c3nc(C4CC4)no3)C2)c1. The molecule has 0 unspecified atom stereocenters. The summed E-state index contributed by atoms with van der Waals surface area (Å²) in [6, 6.07) is 8.81. The van der Waals surface area contributed by atoms with Crippen LogP contribution in [0.25, 0.3) is 0 Å². The van der Waals surface area contributed by atoms with E-state index < -0.39 is 0 Å². The van der Waals surface area contributed by atoms with Gasteiger partial charge in [-0.2, -0.15) is 10.2 Å². The average Bonchev–Trinajstić information content (AvgIpc) is 3.25. The van der Waals surface area contributed by atoms with Gasteiger partial charge in [0.05, 0.1) is 17.6 Å². The van der Waals surface area contributed by atoms with Gasteiger partial charge in [0.1, 0.15) is 0 Å². The normalized spacial score (nSPS) is 17.9. The number of likely N-dealkylation sites (tertiary alicyclic amines) is 1. The number of amides is 1. The summed E-state index contributed by atoms with van der Waals surface area (Å²) in [7, 11) is 0. The summed E-state index contributed by atoms with van der Waals surface area (Å²) >= 11 is 0. The van der Waals surface area contributed by atoms with Crippen LogP contribution in [0.1, 0.15) is 52.3 Å². The Morgan fingerprint density at radius 1 is 1.32 bits per heavy atom. The quantitative estimate of drug-likeness (QED) is 0.865. The first-order valence-corrected chi connectivity index (χ1v) is 7.37. The van der Waals surface area contributed by atoms with Crippen LogP contribution in [0.15, 0.2) is 28.8 Å². The molecule has 0 N–H and O–H groups in total. The van der Waals surface area contributed by atoms with E-state index in [4.69, 9.17) is 9.78 Å². The van der Waals surface area contributed by atoms with E-state index in [1.165, 1.54) is 0 Å². The van der Waals surface area contributed by atoms with Crippen LogP contribution in [0.3, 0.4) is 0 Å². The number of rotatable bonds is 3. The first kappa shape index (κ1) is 13.0. The molecule has 1 aromatic carbocycles. The van der Waals surface area contributed by atoms with E-state index in [0.29, 0.717) is 36.0 Å². The highest BCUT2D eigenvalue weighted by atomic mass is 16.5. The Morgan fingerprint density at radius 3 is 2.86 bits per heavy atom. The van der Waals surface area contributed by atoms with E-state index in [-0.39, 0.29) is 11.8 Å². The Bertz CT molecular complexity index is 766. The molecule has 2 aromatic rings. The predicted octanol–water partition coefficient (Wildman–Crippen LogP) is 2.06. The van der Waals surface area contributed by atoms with Gasteiger partial charge in [-0.3, -0.25) is 4.79 Å². The monoisotopic (exact) mass is 294 g/mol. The number of benzene rings is 1. The Morgan fingerprint density at radius 2 is 2.14 bits per heavy atom. The van der Waals surface area contributed by atoms with Gasteiger partial charge in [0.2, 0.25) is 5.89 Å². The third-order valence-corrected chi connectivity index (χ3v) is 4.16. The van der Waals surface area contributed by atoms with Crippen LogP contribution >= 0.6 is 0 Å². The minimum atomic E-state index is -0.0599. The molecule has 6 nitrogen and oxygen atoms in total. The van der Waals surface area contributed by atoms with Crippen LogP contribution in [-0.2, 0) is 0 Å². The standard InChI is InChI=1S/C16H14N4O2/c17-7-10-2-1-3-12(6-10)16(21)20-8-13(9-20)15-18-14(19-22-15)11-4-5-11/h1-3,6,11,13H,4-5,8-9H2. The van der Waals surface area contributed by atoms with Crippen molar-refractivity contribution in [2.24, 2.45) is 0 Å². The van der Waals surface area contributed by atoms with Crippen molar-refractivity contribution in [3.8, 4) is 6.07 Å². The van der Waals surface area contributed by atoms with Crippen molar-refractivity contribution >= 4 is 5.91 Å². The Labute approximate surface area is 127 Å². The lowest BCUT2D eigenvalue weighted by atomic mass is 9.98. The molecule has 0 atom stereocenters. The van der Waals surface area contributed by atoms with Crippen molar-refractivity contribution in [1.82, 2.24) is 15.0 Å². The van der Waals surface area contributed by atoms with Crippen molar-refractivity contribution < 1.29 is 9.32 Å². The zero-order valence-electron chi connectivity index (χ0n) is 11.9. The third-order valence-electron chi connectivity index (χ3n) is 4.16. The van der Waals surface area contributed by atoms with Gasteiger partial charge in [-0.15, -0.1) is 0 Å². The fourth-order valence-electron chi connectivity index (χ4n) is 2.63. The highest BCUT2D eigenvalue weighted by molar-refractivity contribution is 5.95. The lowest BCUT2D eigenvalue weighted by Gasteiger charge is -2.37. The number of hydrogen-bond acceptors (Lipinski definition) is 5. The second-order valence-electron chi connectivity index (χ2n) is 5.86. The van der Waals surface area contributed by atoms with Crippen molar-refractivity contribution in [2.45, 2.75) is 24.7 Å². The summed E-state index contributed by atoms with van der Waals surface area (Å²) in [6.07, 6.45) is 2.28. The summed E-state index contributed by atoms with van der Waals surface area (Å²) in [6.45, 7) is 1.17. The van der Waals surface area contributed by atoms with Crippen LogP contribution in [-0.4, -0.2) is 34.0 Å². The smallest absolute Gasteiger partial charge is 0.253 e. The summed E-state index contributed by atoms with van der Waals surface area (Å²) < 4.78 is 5.30. The van der Waals surface area contributed by atoms with Gasteiger partial charge < -0.3 is 9.42 Å². The minimum Gasteiger partial charge on any atom is -0.339 e. The first-order chi connectivity index (χ1) is 10.7. The molecule has 1 aliphatic heterocycles. The van der Waals surface area contributed by atoms with Crippen LogP contribution in [0.2, 0.25) is 0 Å². The minimum absolute atomic E-state index is 0.0599. The topological polar surface area (TPSA) is 83.0 Å². The average molecular weight is 294 g/mol. The first-order valence-electron chi connectivity index (χ1n) is 7.37. The molecular weight excluding hydrogens is 280 g/mol. The number of nitrogens with zero attached hydrogens (tertiary/aromatic N) is 4. The maximum atomic E-state index is 12.3. The molecule has 22 heavy (non-hydrogen) atoms. The van der Waals surface area contributed by atoms with Gasteiger partial charge in [0, 0.05) is 24.6 Å². The van der Waals surface area contributed by atoms with Crippen molar-refractivity contribution in [3.63, 3.8) is 0 Å². The molecule has 1 aliphatic carbocycles. The number of carbonyl (C=O) groups is 1. The van der Waals surface area contributed by atoms with Gasteiger partial charge in [-0.1, -0.05) is 11.2 Å². The molecule has 1 saturated heterocycles. The molecule has 0 bridgehead atoms. The zero-order valence-corrected chi connectivity index (χ0v) is 11.9. The third kappa shape index (κ3) is 2.25. The van der Waals surface area contributed by atoms with E-state index in [1.54, 1.807) is 29.2 Å². The second-order valence-corrected chi connectivity index (χ2v) is 5.86. The number of hydrogen-bond donors (Lipinski definition) is 0. The van der Waals surface area contributed by atoms with E-state index in [1.807, 2.05) is 6.07 Å². The summed E-state index contributed by atoms with van der Waals surface area (Å²) in [5.41, 5.74) is 1.04. The number of carbonyl (C=O) groups excluding carboxylic acids is 1. The van der Waals surface area contributed by atoms with E-state index in [0.717, 1.165) is 18.7 Å². The highest BCUT2D eigenvalue weighted by Gasteiger charge is 2.37. The van der Waals surface area contributed by atoms with Crippen molar-refractivity contribution in [2.75, 3.05) is 13.1 Å². The van der Waals surface area contributed by atoms with Gasteiger partial charge in [-0.25, -0.2) is 0 Å². The Kier molecular flexibility index (Phi) is 2.93. The summed E-state index contributed by atoms with van der Waals surface area (Å²) in [4.78, 5) is 18.5. The van der Waals surface area contributed by atoms with Crippen molar-refractivity contribution in [3.05, 3.63) is 47.1 Å². The molecule has 0 radical (unpaired) electrons. The van der Waals surface area contributed by atoms with E-state index >= 15 is 0 Å². The molecule has 1 aromatic heterocycles. The molecule has 1 saturated carbocycles. The number of nitriles is 1. The lowest BCUT2D eigenvalue weighted by molar-refractivity contribution is 0.0569. The molecule has 6 heteroatoms. The summed E-state index contributed by atoms with van der Waals surface area (Å²) in [5.74, 6) is 1.99. The largest absolute Gasteiger partial charge is 0.339 e. The second kappa shape index (κ2) is 4.95. The molecule has 110 valence electrons. The maximum absolute atomic E-state index is 12.3. The Balaban J connectivity index is 1.41. The fourth-order valence-corrected chi connectivity index (χ4v) is 2.63. The van der Waals surface area contributed by atoms with Crippen LogP contribution < -0.4 is 0 Å². The van der Waals surface area contributed by atoms with E-state index in [2.05, 4.69) is 10.1 Å². The van der Waals surface area contributed by atoms with Crippen LogP contribution in [0.5, 0.6) is 0 Å². The summed E-state index contributed by atoms with van der Waals surface area (Å²) in [5, 5.41) is 12.9. The van der Waals surface area contributed by atoms with Gasteiger partial charge in [0.25, 0.3) is 5.91 Å². The lowest BCUT2D eigenvalue weighted by Crippen LogP contribution is -2.48. The van der Waals surface area contributed by atoms with Gasteiger partial charge in [-0.05, 0) is 31.0 Å². The molecule has 2 fully saturated rings. The predicted molar refractivity (Wildman–Crippen MR) is 76.1 cm³/mol. The van der Waals surface area contributed by atoms with Crippen LogP contribution in [0, 0.1) is 11.3 Å². The molecule has 1 amide bonds. The van der Waals surface area contributed by atoms with E-state index in [9.17, 15) is 4.79 Å². The number of aromatic nitrogens is 2. The molecule has 4 rings (SSSR count).